The van der Waals surface area contributed by atoms with Crippen LogP contribution in [-0.4, -0.2) is 42.7 Å². The molecule has 5 heteroatoms. The number of carbonyl (C=O) groups is 1. The van der Waals surface area contributed by atoms with E-state index in [1.54, 1.807) is 13.0 Å². The van der Waals surface area contributed by atoms with E-state index in [1.807, 2.05) is 42.3 Å². The molecule has 2 aromatic rings. The average molecular weight is 461 g/mol. The Morgan fingerprint density at radius 3 is 2.56 bits per heavy atom. The van der Waals surface area contributed by atoms with Gasteiger partial charge in [-0.15, -0.1) is 0 Å². The molecule has 0 atom stereocenters. The second-order valence-corrected chi connectivity index (χ2v) is 8.49. The molecule has 0 aliphatic carbocycles. The first-order chi connectivity index (χ1) is 16.5. The van der Waals surface area contributed by atoms with Crippen LogP contribution in [0.15, 0.2) is 90.3 Å². The van der Waals surface area contributed by atoms with Gasteiger partial charge in [0, 0.05) is 32.4 Å². The minimum atomic E-state index is -0.768. The fourth-order valence-electron chi connectivity index (χ4n) is 3.88. The van der Waals surface area contributed by atoms with Crippen molar-refractivity contribution >= 4 is 17.7 Å². The van der Waals surface area contributed by atoms with Gasteiger partial charge in [-0.05, 0) is 53.3 Å². The van der Waals surface area contributed by atoms with Crippen molar-refractivity contribution in [1.82, 2.24) is 4.90 Å². The van der Waals surface area contributed by atoms with Gasteiger partial charge in [0.25, 0.3) is 0 Å². The van der Waals surface area contributed by atoms with Crippen molar-refractivity contribution in [3.8, 4) is 0 Å². The summed E-state index contributed by atoms with van der Waals surface area (Å²) < 4.78 is 13.9. The number of hydrogen-bond donors (Lipinski definition) is 2. The summed E-state index contributed by atoms with van der Waals surface area (Å²) in [7, 11) is 1.91. The molecule has 1 saturated heterocycles. The van der Waals surface area contributed by atoms with Gasteiger partial charge in [-0.25, -0.2) is 4.39 Å². The Bertz CT molecular complexity index is 1080. The highest BCUT2D eigenvalue weighted by Gasteiger charge is 2.32. The van der Waals surface area contributed by atoms with E-state index in [2.05, 4.69) is 53.9 Å². The van der Waals surface area contributed by atoms with Gasteiger partial charge < -0.3 is 10.4 Å². The molecule has 34 heavy (non-hydrogen) atoms. The van der Waals surface area contributed by atoms with E-state index in [0.29, 0.717) is 26.1 Å². The van der Waals surface area contributed by atoms with Crippen LogP contribution in [0.3, 0.4) is 0 Å². The summed E-state index contributed by atoms with van der Waals surface area (Å²) in [5.41, 5.74) is 5.49. The van der Waals surface area contributed by atoms with Crippen molar-refractivity contribution in [2.24, 2.45) is 5.92 Å². The predicted molar refractivity (Wildman–Crippen MR) is 139 cm³/mol. The van der Waals surface area contributed by atoms with Crippen molar-refractivity contribution in [1.29, 1.82) is 0 Å². The van der Waals surface area contributed by atoms with Gasteiger partial charge in [0.15, 0.2) is 0 Å². The fourth-order valence-corrected chi connectivity index (χ4v) is 3.88. The summed E-state index contributed by atoms with van der Waals surface area (Å²) in [6.07, 6.45) is 12.5. The van der Waals surface area contributed by atoms with Crippen LogP contribution in [0.25, 0.3) is 6.08 Å². The van der Waals surface area contributed by atoms with Crippen LogP contribution in [0.5, 0.6) is 0 Å². The number of anilines is 1. The third-order valence-electron chi connectivity index (χ3n) is 5.84. The van der Waals surface area contributed by atoms with Crippen molar-refractivity contribution in [2.45, 2.75) is 19.8 Å². The number of aliphatic carboxylic acids is 1. The van der Waals surface area contributed by atoms with Crippen LogP contribution in [0.1, 0.15) is 30.0 Å². The first-order valence-corrected chi connectivity index (χ1v) is 11.7. The number of rotatable bonds is 11. The number of hydrogen-bond acceptors (Lipinski definition) is 3. The summed E-state index contributed by atoms with van der Waals surface area (Å²) >= 11 is 0. The van der Waals surface area contributed by atoms with E-state index < -0.39 is 5.97 Å². The largest absolute Gasteiger partial charge is 0.481 e. The minimum Gasteiger partial charge on any atom is -0.481 e. The van der Waals surface area contributed by atoms with E-state index in [-0.39, 0.29) is 11.7 Å². The first kappa shape index (κ1) is 25.2. The van der Waals surface area contributed by atoms with E-state index in [0.717, 1.165) is 23.2 Å². The lowest BCUT2D eigenvalue weighted by Gasteiger charge is -2.36. The third-order valence-corrected chi connectivity index (χ3v) is 5.84. The smallest absolute Gasteiger partial charge is 0.309 e. The second-order valence-electron chi connectivity index (χ2n) is 8.49. The van der Waals surface area contributed by atoms with Gasteiger partial charge in [-0.2, -0.15) is 0 Å². The molecule has 0 spiro atoms. The summed E-state index contributed by atoms with van der Waals surface area (Å²) in [6, 6.07) is 16.8. The van der Waals surface area contributed by atoms with Crippen LogP contribution in [0, 0.1) is 5.92 Å². The number of carboxylic acids is 1. The molecule has 1 fully saturated rings. The SMILES string of the molecule is CC\C(F)=C/C(=C\C=C\C=C\c1cc(Cc2ccccc2)ccc1NC)CN1CC(C(=O)O)C1. The number of nitrogens with one attached hydrogen (secondary N) is 1. The maximum atomic E-state index is 13.9. The Hall–Kier alpha value is -3.44. The Morgan fingerprint density at radius 2 is 1.88 bits per heavy atom. The molecule has 0 amide bonds. The topological polar surface area (TPSA) is 52.6 Å². The Morgan fingerprint density at radius 1 is 1.12 bits per heavy atom. The zero-order chi connectivity index (χ0) is 24.3. The lowest BCUT2D eigenvalue weighted by Crippen LogP contribution is -2.50. The number of allylic oxidation sites excluding steroid dienone is 5. The zero-order valence-corrected chi connectivity index (χ0v) is 19.9. The summed E-state index contributed by atoms with van der Waals surface area (Å²) in [6.45, 7) is 3.32. The lowest BCUT2D eigenvalue weighted by molar-refractivity contribution is -0.147. The average Bonchev–Trinajstić information content (AvgIpc) is 2.81. The predicted octanol–water partition coefficient (Wildman–Crippen LogP) is 6.09. The van der Waals surface area contributed by atoms with E-state index >= 15 is 0 Å². The molecule has 2 aromatic carbocycles. The highest BCUT2D eigenvalue weighted by Crippen LogP contribution is 2.21. The highest BCUT2D eigenvalue weighted by atomic mass is 19.1. The standard InChI is InChI=1S/C29H33FN2O2/c1-3-27(30)18-24(19-32-20-26(21-32)29(33)34)12-8-5-9-13-25-17-23(14-15-28(25)31-2)16-22-10-6-4-7-11-22/h4-15,17-18,26,31H,3,16,19-21H2,1-2H3,(H,33,34)/b8-5+,13-9+,24-12+,27-18+. The highest BCUT2D eigenvalue weighted by molar-refractivity contribution is 5.71. The third kappa shape index (κ3) is 7.56. The number of nitrogens with zero attached hydrogens (tertiary/aromatic N) is 1. The Labute approximate surface area is 201 Å². The van der Waals surface area contributed by atoms with Gasteiger partial charge in [0.05, 0.1) is 11.7 Å². The molecule has 0 bridgehead atoms. The quantitative estimate of drug-likeness (QED) is 0.398. The molecule has 178 valence electrons. The minimum absolute atomic E-state index is 0.181. The van der Waals surface area contributed by atoms with Gasteiger partial charge in [-0.3, -0.25) is 9.69 Å². The maximum Gasteiger partial charge on any atom is 0.309 e. The number of benzene rings is 2. The van der Waals surface area contributed by atoms with Gasteiger partial charge in [0.2, 0.25) is 0 Å². The molecule has 0 unspecified atom stereocenters. The number of carboxylic acid groups (broad SMARTS) is 1. The number of likely N-dealkylation sites (tertiary alicyclic amines) is 1. The fraction of sp³-hybridized carbons (Fsp3) is 0.276. The molecule has 1 heterocycles. The van der Waals surface area contributed by atoms with Crippen molar-refractivity contribution < 1.29 is 14.3 Å². The maximum absolute atomic E-state index is 13.9. The molecule has 0 aromatic heterocycles. The van der Waals surface area contributed by atoms with Crippen LogP contribution >= 0.6 is 0 Å². The molecular weight excluding hydrogens is 427 g/mol. The van der Waals surface area contributed by atoms with Gasteiger partial charge in [0.1, 0.15) is 0 Å². The van der Waals surface area contributed by atoms with Crippen molar-refractivity contribution in [3.05, 3.63) is 107 Å². The Kier molecular flexibility index (Phi) is 9.41. The second kappa shape index (κ2) is 12.7. The first-order valence-electron chi connectivity index (χ1n) is 11.7. The van der Waals surface area contributed by atoms with Crippen LogP contribution in [0.2, 0.25) is 0 Å². The molecule has 0 saturated carbocycles. The Balaban J connectivity index is 1.67. The summed E-state index contributed by atoms with van der Waals surface area (Å²) in [5, 5.41) is 12.3. The molecule has 1 aliphatic rings. The zero-order valence-electron chi connectivity index (χ0n) is 19.9. The van der Waals surface area contributed by atoms with Gasteiger partial charge >= 0.3 is 5.97 Å². The molecule has 1 aliphatic heterocycles. The summed E-state index contributed by atoms with van der Waals surface area (Å²) in [4.78, 5) is 13.0. The van der Waals surface area contributed by atoms with Gasteiger partial charge in [-0.1, -0.05) is 73.7 Å². The van der Waals surface area contributed by atoms with E-state index in [1.165, 1.54) is 11.1 Å². The molecule has 4 nitrogen and oxygen atoms in total. The molecule has 0 radical (unpaired) electrons. The molecular formula is C29H33FN2O2. The van der Waals surface area contributed by atoms with Crippen LogP contribution in [-0.2, 0) is 11.2 Å². The van der Waals surface area contributed by atoms with E-state index in [4.69, 9.17) is 5.11 Å². The van der Waals surface area contributed by atoms with Crippen LogP contribution < -0.4 is 5.32 Å². The molecule has 2 N–H and O–H groups in total. The molecule has 3 rings (SSSR count). The normalized spacial score (nSPS) is 15.7. The van der Waals surface area contributed by atoms with Crippen LogP contribution in [0.4, 0.5) is 10.1 Å². The lowest BCUT2D eigenvalue weighted by atomic mass is 9.99. The van der Waals surface area contributed by atoms with Crippen molar-refractivity contribution in [3.63, 3.8) is 0 Å². The monoisotopic (exact) mass is 460 g/mol. The number of halogens is 1. The summed E-state index contributed by atoms with van der Waals surface area (Å²) in [5.74, 6) is -1.27. The van der Waals surface area contributed by atoms with E-state index in [9.17, 15) is 9.18 Å². The van der Waals surface area contributed by atoms with Crippen molar-refractivity contribution in [2.75, 3.05) is 32.0 Å².